The fourth-order valence-electron chi connectivity index (χ4n) is 6.30. The first-order chi connectivity index (χ1) is 24.7. The second-order valence-electron chi connectivity index (χ2n) is 13.2. The standard InChI is InChI=1S/C41H49N3O7/c1-28(40(48)33-10-4-3-5-11-33)44(2)26-36-24-37(32-17-15-29(27-45)16-18-32)51-41(50-36)34-21-19-31(20-22-34)35-12-8-9-30(23-35)25-42-38(46)13-6-7-14-39(47)43-49/h3-5,8-12,15-23,28,36-37,40-41,45,48-49H,6-7,13-14,24-27H2,1-2H3,(H,42,46)(H,43,47)/t28-,36+,37-,40-,41-/m1/s1. The molecule has 0 aliphatic carbocycles. The number of carbonyl (C=O) groups is 2. The molecule has 5 atom stereocenters. The second-order valence-corrected chi connectivity index (χ2v) is 13.2. The predicted octanol–water partition coefficient (Wildman–Crippen LogP) is 6.13. The van der Waals surface area contributed by atoms with Crippen LogP contribution < -0.4 is 10.8 Å². The molecule has 51 heavy (non-hydrogen) atoms. The average Bonchev–Trinajstić information content (AvgIpc) is 3.18. The summed E-state index contributed by atoms with van der Waals surface area (Å²) >= 11 is 0. The molecule has 10 nitrogen and oxygen atoms in total. The Balaban J connectivity index is 1.24. The van der Waals surface area contributed by atoms with Gasteiger partial charge in [-0.2, -0.15) is 0 Å². The minimum absolute atomic E-state index is 0.0223. The van der Waals surface area contributed by atoms with Crippen LogP contribution in [-0.2, 0) is 32.2 Å². The Morgan fingerprint density at radius 1 is 0.824 bits per heavy atom. The molecule has 270 valence electrons. The predicted molar refractivity (Wildman–Crippen MR) is 194 cm³/mol. The highest BCUT2D eigenvalue weighted by molar-refractivity contribution is 5.76. The van der Waals surface area contributed by atoms with Crippen LogP contribution in [0.2, 0.25) is 0 Å². The molecule has 0 spiro atoms. The number of nitrogens with zero attached hydrogens (tertiary/aromatic N) is 1. The number of hydrogen-bond acceptors (Lipinski definition) is 8. The second kappa shape index (κ2) is 18.7. The summed E-state index contributed by atoms with van der Waals surface area (Å²) in [5.41, 5.74) is 8.22. The highest BCUT2D eigenvalue weighted by Gasteiger charge is 2.34. The lowest BCUT2D eigenvalue weighted by Crippen LogP contribution is -2.43. The number of likely N-dealkylation sites (N-methyl/N-ethyl adjacent to an activating group) is 1. The molecule has 1 fully saturated rings. The van der Waals surface area contributed by atoms with Crippen molar-refractivity contribution in [1.82, 2.24) is 15.7 Å². The molecule has 5 rings (SSSR count). The van der Waals surface area contributed by atoms with Crippen LogP contribution in [0.3, 0.4) is 0 Å². The number of aliphatic hydroxyl groups excluding tert-OH is 2. The Bertz CT molecular complexity index is 1680. The summed E-state index contributed by atoms with van der Waals surface area (Å²) in [5.74, 6) is -0.539. The number of hydrogen-bond donors (Lipinski definition) is 5. The summed E-state index contributed by atoms with van der Waals surface area (Å²) in [4.78, 5) is 25.6. The third kappa shape index (κ3) is 10.8. The average molecular weight is 696 g/mol. The van der Waals surface area contributed by atoms with Crippen molar-refractivity contribution in [2.75, 3.05) is 13.6 Å². The molecule has 0 aromatic heterocycles. The smallest absolute Gasteiger partial charge is 0.243 e. The maximum atomic E-state index is 12.3. The van der Waals surface area contributed by atoms with Crippen LogP contribution >= 0.6 is 0 Å². The summed E-state index contributed by atoms with van der Waals surface area (Å²) in [6.07, 6.45) is 0.561. The van der Waals surface area contributed by atoms with Crippen molar-refractivity contribution in [3.63, 3.8) is 0 Å². The molecule has 1 aliphatic heterocycles. The molecule has 10 heteroatoms. The van der Waals surface area contributed by atoms with E-state index >= 15 is 0 Å². The lowest BCUT2D eigenvalue weighted by atomic mass is 9.98. The van der Waals surface area contributed by atoms with Crippen LogP contribution in [0.5, 0.6) is 0 Å². The number of carbonyl (C=O) groups excluding carboxylic acids is 2. The van der Waals surface area contributed by atoms with E-state index in [1.54, 1.807) is 5.48 Å². The molecule has 1 aliphatic rings. The SMILES string of the molecule is C[C@H]([C@@H](O)c1ccccc1)N(C)C[C@@H]1C[C@H](c2ccc(CO)cc2)O[C@H](c2ccc(-c3cccc(CNC(=O)CCCCC(=O)NO)c3)cc2)O1. The van der Waals surface area contributed by atoms with Crippen molar-refractivity contribution in [3.05, 3.63) is 131 Å². The van der Waals surface area contributed by atoms with Gasteiger partial charge >= 0.3 is 0 Å². The molecular weight excluding hydrogens is 646 g/mol. The Labute approximate surface area is 300 Å². The van der Waals surface area contributed by atoms with Gasteiger partial charge in [-0.25, -0.2) is 5.48 Å². The third-order valence-corrected chi connectivity index (χ3v) is 9.52. The fourth-order valence-corrected chi connectivity index (χ4v) is 6.30. The topological polar surface area (TPSA) is 141 Å². The summed E-state index contributed by atoms with van der Waals surface area (Å²) in [6.45, 7) is 2.99. The Kier molecular flexibility index (Phi) is 13.9. The van der Waals surface area contributed by atoms with Crippen LogP contribution in [0.15, 0.2) is 103 Å². The van der Waals surface area contributed by atoms with Crippen molar-refractivity contribution in [2.24, 2.45) is 0 Å². The molecule has 4 aromatic carbocycles. The van der Waals surface area contributed by atoms with Crippen molar-refractivity contribution < 1.29 is 34.5 Å². The first-order valence-electron chi connectivity index (χ1n) is 17.6. The number of unbranched alkanes of at least 4 members (excludes halogenated alkanes) is 1. The van der Waals surface area contributed by atoms with Gasteiger partial charge in [-0.1, -0.05) is 97.1 Å². The van der Waals surface area contributed by atoms with E-state index in [0.717, 1.165) is 38.9 Å². The summed E-state index contributed by atoms with van der Waals surface area (Å²) < 4.78 is 13.2. The molecule has 1 saturated heterocycles. The Morgan fingerprint density at radius 3 is 2.20 bits per heavy atom. The van der Waals surface area contributed by atoms with E-state index in [1.807, 2.05) is 111 Å². The van der Waals surface area contributed by atoms with Gasteiger partial charge in [0.15, 0.2) is 6.29 Å². The minimum Gasteiger partial charge on any atom is -0.392 e. The first kappa shape index (κ1) is 37.8. The van der Waals surface area contributed by atoms with Crippen LogP contribution in [-0.4, -0.2) is 57.9 Å². The van der Waals surface area contributed by atoms with Gasteiger partial charge in [-0.05, 0) is 66.3 Å². The van der Waals surface area contributed by atoms with E-state index < -0.39 is 18.3 Å². The molecule has 2 amide bonds. The number of nitrogens with one attached hydrogen (secondary N) is 2. The van der Waals surface area contributed by atoms with Gasteiger partial charge in [0.25, 0.3) is 0 Å². The van der Waals surface area contributed by atoms with Gasteiger partial charge in [0.2, 0.25) is 11.8 Å². The van der Waals surface area contributed by atoms with E-state index in [4.69, 9.17) is 14.7 Å². The Hall–Kier alpha value is -4.42. The van der Waals surface area contributed by atoms with Gasteiger partial charge in [-0.15, -0.1) is 0 Å². The molecule has 0 bridgehead atoms. The van der Waals surface area contributed by atoms with Gasteiger partial charge in [-0.3, -0.25) is 19.7 Å². The van der Waals surface area contributed by atoms with Gasteiger partial charge < -0.3 is 25.0 Å². The largest absolute Gasteiger partial charge is 0.392 e. The van der Waals surface area contributed by atoms with Gasteiger partial charge in [0.05, 0.1) is 24.9 Å². The zero-order valence-electron chi connectivity index (χ0n) is 29.3. The molecule has 0 radical (unpaired) electrons. The molecule has 5 N–H and O–H groups in total. The highest BCUT2D eigenvalue weighted by atomic mass is 16.7. The van der Waals surface area contributed by atoms with Crippen LogP contribution in [0.4, 0.5) is 0 Å². The summed E-state index contributed by atoms with van der Waals surface area (Å²) in [7, 11) is 2.01. The van der Waals surface area contributed by atoms with Gasteiger partial charge in [0, 0.05) is 44.0 Å². The number of hydroxylamine groups is 1. The highest BCUT2D eigenvalue weighted by Crippen LogP contribution is 2.39. The summed E-state index contributed by atoms with van der Waals surface area (Å²) in [5, 5.41) is 32.2. The molecular formula is C41H49N3O7. The molecule has 4 aromatic rings. The first-order valence-corrected chi connectivity index (χ1v) is 17.6. The van der Waals surface area contributed by atoms with Crippen molar-refractivity contribution >= 4 is 11.8 Å². The number of amides is 2. The molecule has 1 heterocycles. The Morgan fingerprint density at radius 2 is 1.51 bits per heavy atom. The fraction of sp³-hybridized carbons (Fsp3) is 0.366. The number of rotatable bonds is 16. The normalized spacial score (nSPS) is 18.6. The van der Waals surface area contributed by atoms with E-state index in [1.165, 1.54) is 0 Å². The van der Waals surface area contributed by atoms with Gasteiger partial charge in [0.1, 0.15) is 0 Å². The zero-order chi connectivity index (χ0) is 36.2. The van der Waals surface area contributed by atoms with E-state index in [0.29, 0.717) is 38.8 Å². The summed E-state index contributed by atoms with van der Waals surface area (Å²) in [6, 6.07) is 33.5. The van der Waals surface area contributed by atoms with Crippen LogP contribution in [0.1, 0.15) is 85.3 Å². The van der Waals surface area contributed by atoms with Crippen molar-refractivity contribution in [2.45, 2.75) is 82.8 Å². The monoisotopic (exact) mass is 695 g/mol. The number of benzene rings is 4. The lowest BCUT2D eigenvalue weighted by Gasteiger charge is -2.39. The maximum absolute atomic E-state index is 12.3. The third-order valence-electron chi connectivity index (χ3n) is 9.52. The maximum Gasteiger partial charge on any atom is 0.243 e. The quantitative estimate of drug-likeness (QED) is 0.0536. The lowest BCUT2D eigenvalue weighted by molar-refractivity contribution is -0.253. The van der Waals surface area contributed by atoms with Crippen molar-refractivity contribution in [1.29, 1.82) is 0 Å². The molecule has 0 saturated carbocycles. The zero-order valence-corrected chi connectivity index (χ0v) is 29.3. The number of aliphatic hydroxyl groups is 2. The van der Waals surface area contributed by atoms with E-state index in [2.05, 4.69) is 16.3 Å². The van der Waals surface area contributed by atoms with E-state index in [9.17, 15) is 19.8 Å². The molecule has 0 unspecified atom stereocenters. The number of ether oxygens (including phenoxy) is 2. The van der Waals surface area contributed by atoms with Crippen molar-refractivity contribution in [3.8, 4) is 11.1 Å². The minimum atomic E-state index is -0.644. The van der Waals surface area contributed by atoms with Crippen LogP contribution in [0, 0.1) is 0 Å². The van der Waals surface area contributed by atoms with Crippen LogP contribution in [0.25, 0.3) is 11.1 Å². The van der Waals surface area contributed by atoms with E-state index in [-0.39, 0.29) is 37.2 Å².